The highest BCUT2D eigenvalue weighted by atomic mass is 16.3. The lowest BCUT2D eigenvalue weighted by Crippen LogP contribution is -2.00. The van der Waals surface area contributed by atoms with Crippen LogP contribution in [0.2, 0.25) is 0 Å². The fraction of sp³-hybridized carbons (Fsp3) is 0. The quantitative estimate of drug-likeness (QED) is 0.159. The number of benzene rings is 7. The Morgan fingerprint density at radius 3 is 1.28 bits per heavy atom. The molecule has 0 amide bonds. The van der Waals surface area contributed by atoms with Crippen LogP contribution in [0.15, 0.2) is 180 Å². The summed E-state index contributed by atoms with van der Waals surface area (Å²) in [6.07, 6.45) is 0. The number of furan rings is 1. The van der Waals surface area contributed by atoms with Crippen LogP contribution in [-0.4, -0.2) is 29.9 Å². The molecule has 266 valence electrons. The molecule has 57 heavy (non-hydrogen) atoms. The van der Waals surface area contributed by atoms with Crippen LogP contribution in [0.5, 0.6) is 0 Å². The third-order valence-electron chi connectivity index (χ3n) is 9.79. The van der Waals surface area contributed by atoms with Crippen LogP contribution in [0, 0.1) is 11.3 Å². The van der Waals surface area contributed by atoms with Crippen LogP contribution < -0.4 is 0 Å². The molecule has 0 bridgehead atoms. The van der Waals surface area contributed by atoms with E-state index in [2.05, 4.69) is 6.07 Å². The summed E-state index contributed by atoms with van der Waals surface area (Å²) in [5.74, 6) is 3.23. The Kier molecular flexibility index (Phi) is 8.36. The smallest absolute Gasteiger partial charge is 0.164 e. The molecule has 10 aromatic rings. The first-order chi connectivity index (χ1) is 28.2. The molecule has 7 aromatic carbocycles. The molecule has 0 atom stereocenters. The average molecular weight is 732 g/mol. The highest BCUT2D eigenvalue weighted by Gasteiger charge is 2.21. The summed E-state index contributed by atoms with van der Waals surface area (Å²) in [6.45, 7) is 0. The van der Waals surface area contributed by atoms with E-state index in [0.717, 1.165) is 49.7 Å². The van der Waals surface area contributed by atoms with E-state index in [-0.39, 0.29) is 0 Å². The number of aromatic nitrogens is 6. The van der Waals surface area contributed by atoms with Gasteiger partial charge in [0.1, 0.15) is 11.2 Å². The van der Waals surface area contributed by atoms with Gasteiger partial charge in [-0.15, -0.1) is 0 Å². The Morgan fingerprint density at radius 1 is 0.368 bits per heavy atom. The number of nitriles is 1. The molecule has 0 aliphatic rings. The van der Waals surface area contributed by atoms with E-state index in [0.29, 0.717) is 57.2 Å². The maximum Gasteiger partial charge on any atom is 0.164 e. The largest absolute Gasteiger partial charge is 0.455 e. The monoisotopic (exact) mass is 731 g/mol. The average Bonchev–Trinajstić information content (AvgIpc) is 3.69. The fourth-order valence-corrected chi connectivity index (χ4v) is 7.10. The minimum atomic E-state index is 0.457. The van der Waals surface area contributed by atoms with Gasteiger partial charge in [0.25, 0.3) is 0 Å². The molecule has 0 spiro atoms. The van der Waals surface area contributed by atoms with E-state index in [1.807, 2.05) is 176 Å². The summed E-state index contributed by atoms with van der Waals surface area (Å²) >= 11 is 0. The zero-order valence-corrected chi connectivity index (χ0v) is 30.3. The highest BCUT2D eigenvalue weighted by molar-refractivity contribution is 6.15. The molecule has 0 N–H and O–H groups in total. The van der Waals surface area contributed by atoms with Gasteiger partial charge in [-0.1, -0.05) is 152 Å². The first-order valence-corrected chi connectivity index (χ1v) is 18.4. The van der Waals surface area contributed by atoms with Crippen molar-refractivity contribution in [1.82, 2.24) is 29.9 Å². The summed E-state index contributed by atoms with van der Waals surface area (Å²) in [6, 6.07) is 59.6. The number of para-hydroxylation sites is 1. The molecule has 0 radical (unpaired) electrons. The fourth-order valence-electron chi connectivity index (χ4n) is 7.10. The maximum absolute atomic E-state index is 10.3. The zero-order valence-electron chi connectivity index (χ0n) is 30.3. The van der Waals surface area contributed by atoms with Crippen LogP contribution in [0.25, 0.3) is 101 Å². The Bertz CT molecular complexity index is 3010. The van der Waals surface area contributed by atoms with Crippen molar-refractivity contribution in [1.29, 1.82) is 5.26 Å². The number of fused-ring (bicyclic) bond motifs is 3. The first kappa shape index (κ1) is 33.4. The highest BCUT2D eigenvalue weighted by Crippen LogP contribution is 2.41. The van der Waals surface area contributed by atoms with E-state index >= 15 is 0 Å². The molecule has 0 fully saturated rings. The van der Waals surface area contributed by atoms with Crippen molar-refractivity contribution in [2.75, 3.05) is 0 Å². The molecule has 0 saturated heterocycles. The number of hydrogen-bond donors (Lipinski definition) is 0. The van der Waals surface area contributed by atoms with E-state index in [9.17, 15) is 5.26 Å². The topological polar surface area (TPSA) is 114 Å². The van der Waals surface area contributed by atoms with Gasteiger partial charge in [0.15, 0.2) is 34.9 Å². The molecule has 8 heteroatoms. The van der Waals surface area contributed by atoms with Gasteiger partial charge in [0, 0.05) is 49.7 Å². The molecule has 10 rings (SSSR count). The van der Waals surface area contributed by atoms with Crippen molar-refractivity contribution in [3.63, 3.8) is 0 Å². The molecule has 0 unspecified atom stereocenters. The summed E-state index contributed by atoms with van der Waals surface area (Å²) in [7, 11) is 0. The lowest BCUT2D eigenvalue weighted by atomic mass is 9.97. The zero-order chi connectivity index (χ0) is 38.1. The van der Waals surface area contributed by atoms with Crippen LogP contribution in [0.4, 0.5) is 0 Å². The van der Waals surface area contributed by atoms with E-state index in [1.165, 1.54) is 0 Å². The van der Waals surface area contributed by atoms with Gasteiger partial charge in [-0.25, -0.2) is 29.9 Å². The summed E-state index contributed by atoms with van der Waals surface area (Å²) in [5, 5.41) is 12.1. The number of nitrogens with zero attached hydrogens (tertiary/aromatic N) is 7. The van der Waals surface area contributed by atoms with Gasteiger partial charge in [-0.05, 0) is 29.8 Å². The second kappa shape index (κ2) is 14.3. The first-order valence-electron chi connectivity index (χ1n) is 18.4. The molecule has 0 saturated carbocycles. The standard InChI is InChI=1S/C49H29N7O/c50-30-31-27-36(29-37(28-31)48-53-44(32-15-5-1-6-16-32)51-45(54-48)33-17-7-2-8-18-33)38-23-13-24-39-42-40(25-14-26-41(42)57-43(38)39)49-55-46(34-19-9-3-10-20-34)52-47(56-49)35-21-11-4-12-22-35/h1-29H. The van der Waals surface area contributed by atoms with Crippen molar-refractivity contribution in [3.8, 4) is 85.5 Å². The normalized spacial score (nSPS) is 11.1. The van der Waals surface area contributed by atoms with Crippen molar-refractivity contribution in [2.45, 2.75) is 0 Å². The molecular formula is C49H29N7O. The molecule has 0 aliphatic carbocycles. The number of hydrogen-bond acceptors (Lipinski definition) is 8. The van der Waals surface area contributed by atoms with Gasteiger partial charge in [-0.2, -0.15) is 5.26 Å². The lowest BCUT2D eigenvalue weighted by Gasteiger charge is -2.10. The Morgan fingerprint density at radius 2 is 0.789 bits per heavy atom. The minimum Gasteiger partial charge on any atom is -0.455 e. The summed E-state index contributed by atoms with van der Waals surface area (Å²) < 4.78 is 6.71. The van der Waals surface area contributed by atoms with Crippen LogP contribution in [-0.2, 0) is 0 Å². The molecular weight excluding hydrogens is 703 g/mol. The molecule has 3 heterocycles. The predicted molar refractivity (Wildman–Crippen MR) is 223 cm³/mol. The second-order valence-corrected chi connectivity index (χ2v) is 13.5. The Balaban J connectivity index is 1.15. The predicted octanol–water partition coefficient (Wildman–Crippen LogP) is 11.5. The molecule has 0 aliphatic heterocycles. The SMILES string of the molecule is N#Cc1cc(-c2nc(-c3ccccc3)nc(-c3ccccc3)n2)cc(-c2cccc3c2oc2cccc(-c4nc(-c5ccccc5)nc(-c5ccccc5)n4)c23)c1. The van der Waals surface area contributed by atoms with Gasteiger partial charge in [-0.3, -0.25) is 0 Å². The number of rotatable bonds is 7. The van der Waals surface area contributed by atoms with E-state index in [1.54, 1.807) is 0 Å². The van der Waals surface area contributed by atoms with Crippen molar-refractivity contribution >= 4 is 21.9 Å². The molecule has 3 aromatic heterocycles. The van der Waals surface area contributed by atoms with Crippen molar-refractivity contribution in [2.24, 2.45) is 0 Å². The van der Waals surface area contributed by atoms with Crippen LogP contribution in [0.3, 0.4) is 0 Å². The van der Waals surface area contributed by atoms with Gasteiger partial charge in [0.05, 0.1) is 11.6 Å². The Hall–Kier alpha value is -8.15. The Labute approximate surface area is 327 Å². The van der Waals surface area contributed by atoms with E-state index < -0.39 is 0 Å². The van der Waals surface area contributed by atoms with Crippen molar-refractivity contribution in [3.05, 3.63) is 181 Å². The van der Waals surface area contributed by atoms with Gasteiger partial charge < -0.3 is 4.42 Å². The summed E-state index contributed by atoms with van der Waals surface area (Å²) in [4.78, 5) is 29.7. The third-order valence-corrected chi connectivity index (χ3v) is 9.79. The van der Waals surface area contributed by atoms with E-state index in [4.69, 9.17) is 34.3 Å². The third kappa shape index (κ3) is 6.35. The maximum atomic E-state index is 10.3. The van der Waals surface area contributed by atoms with Gasteiger partial charge >= 0.3 is 0 Å². The second-order valence-electron chi connectivity index (χ2n) is 13.5. The summed E-state index contributed by atoms with van der Waals surface area (Å²) in [5.41, 5.74) is 8.44. The van der Waals surface area contributed by atoms with Crippen LogP contribution >= 0.6 is 0 Å². The minimum absolute atomic E-state index is 0.457. The van der Waals surface area contributed by atoms with Gasteiger partial charge in [0.2, 0.25) is 0 Å². The molecule has 8 nitrogen and oxygen atoms in total. The lowest BCUT2D eigenvalue weighted by molar-refractivity contribution is 0.670. The van der Waals surface area contributed by atoms with Crippen LogP contribution in [0.1, 0.15) is 5.56 Å². The van der Waals surface area contributed by atoms with Crippen molar-refractivity contribution < 1.29 is 4.42 Å².